The maximum absolute atomic E-state index is 12.3. The predicted molar refractivity (Wildman–Crippen MR) is 98.5 cm³/mol. The van der Waals surface area contributed by atoms with E-state index in [0.29, 0.717) is 5.92 Å². The van der Waals surface area contributed by atoms with Crippen LogP contribution in [-0.4, -0.2) is 44.1 Å². The first-order valence-electron chi connectivity index (χ1n) is 8.93. The lowest BCUT2D eigenvalue weighted by atomic mass is 9.96. The Morgan fingerprint density at radius 2 is 1.74 bits per heavy atom. The minimum absolute atomic E-state index is 0.0863. The summed E-state index contributed by atoms with van der Waals surface area (Å²) >= 11 is 0. The van der Waals surface area contributed by atoms with Crippen LogP contribution in [0.25, 0.3) is 0 Å². The van der Waals surface area contributed by atoms with Crippen molar-refractivity contribution >= 4 is 5.91 Å². The monoisotopic (exact) mass is 319 g/mol. The number of nitrogens with one attached hydrogen (secondary N) is 1. The Kier molecular flexibility index (Phi) is 7.77. The SMILES string of the molecule is CC[N+](C)(C)CCCNC(=O)C(C)c1ccc(CC(C)C)cc1. The zero-order valence-corrected chi connectivity index (χ0v) is 15.9. The van der Waals surface area contributed by atoms with E-state index in [1.807, 2.05) is 6.92 Å². The van der Waals surface area contributed by atoms with Gasteiger partial charge >= 0.3 is 0 Å². The molecule has 1 unspecified atom stereocenters. The van der Waals surface area contributed by atoms with Gasteiger partial charge in [-0.15, -0.1) is 0 Å². The maximum atomic E-state index is 12.3. The van der Waals surface area contributed by atoms with Gasteiger partial charge in [0.2, 0.25) is 5.91 Å². The molecule has 1 aromatic carbocycles. The standard InChI is InChI=1S/C20H34N2O/c1-7-22(5,6)14-8-13-21-20(23)17(4)19-11-9-18(10-12-19)15-16(2)3/h9-12,16-17H,7-8,13-15H2,1-6H3/p+1. The number of carbonyl (C=O) groups excluding carboxylic acids is 1. The molecule has 1 amide bonds. The number of amides is 1. The van der Waals surface area contributed by atoms with Crippen molar-refractivity contribution < 1.29 is 9.28 Å². The number of benzene rings is 1. The Labute approximate surface area is 142 Å². The molecule has 0 aromatic heterocycles. The lowest BCUT2D eigenvalue weighted by molar-refractivity contribution is -0.888. The molecule has 0 radical (unpaired) electrons. The third kappa shape index (κ3) is 7.17. The molecule has 3 heteroatoms. The first-order valence-corrected chi connectivity index (χ1v) is 8.93. The normalized spacial score (nSPS) is 13.2. The summed E-state index contributed by atoms with van der Waals surface area (Å²) in [4.78, 5) is 12.3. The van der Waals surface area contributed by atoms with Crippen molar-refractivity contribution in [1.29, 1.82) is 0 Å². The van der Waals surface area contributed by atoms with Gasteiger partial charge in [-0.1, -0.05) is 38.1 Å². The molecule has 1 aromatic rings. The van der Waals surface area contributed by atoms with E-state index in [1.54, 1.807) is 0 Å². The summed E-state index contributed by atoms with van der Waals surface area (Å²) in [7, 11) is 4.45. The fraction of sp³-hybridized carbons (Fsp3) is 0.650. The molecule has 1 atom stereocenters. The summed E-state index contributed by atoms with van der Waals surface area (Å²) in [5.74, 6) is 0.701. The average molecular weight is 320 g/mol. The number of hydrogen-bond donors (Lipinski definition) is 1. The smallest absolute Gasteiger partial charge is 0.227 e. The first kappa shape index (κ1) is 19.7. The molecule has 1 N–H and O–H groups in total. The topological polar surface area (TPSA) is 29.1 Å². The van der Waals surface area contributed by atoms with E-state index in [1.165, 1.54) is 5.56 Å². The van der Waals surface area contributed by atoms with E-state index >= 15 is 0 Å². The predicted octanol–water partition coefficient (Wildman–Crippen LogP) is 3.59. The lowest BCUT2D eigenvalue weighted by Crippen LogP contribution is -2.41. The molecule has 23 heavy (non-hydrogen) atoms. The van der Waals surface area contributed by atoms with Crippen LogP contribution in [0.3, 0.4) is 0 Å². The molecule has 0 heterocycles. The summed E-state index contributed by atoms with van der Waals surface area (Å²) in [6.45, 7) is 11.6. The lowest BCUT2D eigenvalue weighted by Gasteiger charge is -2.28. The molecular formula is C20H35N2O+. The molecule has 130 valence electrons. The van der Waals surface area contributed by atoms with Crippen LogP contribution in [0.15, 0.2) is 24.3 Å². The fourth-order valence-electron chi connectivity index (χ4n) is 2.60. The maximum Gasteiger partial charge on any atom is 0.227 e. The minimum atomic E-state index is -0.0863. The van der Waals surface area contributed by atoms with E-state index in [2.05, 4.69) is 64.4 Å². The molecule has 3 nitrogen and oxygen atoms in total. The van der Waals surface area contributed by atoms with Crippen molar-refractivity contribution in [1.82, 2.24) is 5.32 Å². The summed E-state index contributed by atoms with van der Waals surface area (Å²) in [6, 6.07) is 8.50. The van der Waals surface area contributed by atoms with Gasteiger partial charge in [-0.05, 0) is 37.3 Å². The number of carbonyl (C=O) groups is 1. The van der Waals surface area contributed by atoms with E-state index in [0.717, 1.165) is 42.5 Å². The van der Waals surface area contributed by atoms with Crippen molar-refractivity contribution in [3.63, 3.8) is 0 Å². The van der Waals surface area contributed by atoms with E-state index in [-0.39, 0.29) is 11.8 Å². The fourth-order valence-corrected chi connectivity index (χ4v) is 2.60. The van der Waals surface area contributed by atoms with Crippen LogP contribution in [0, 0.1) is 5.92 Å². The molecule has 0 bridgehead atoms. The summed E-state index contributed by atoms with van der Waals surface area (Å²) in [5, 5.41) is 3.08. The zero-order chi connectivity index (χ0) is 17.5. The Morgan fingerprint density at radius 1 is 1.13 bits per heavy atom. The molecular weight excluding hydrogens is 284 g/mol. The average Bonchev–Trinajstić information content (AvgIpc) is 2.51. The summed E-state index contributed by atoms with van der Waals surface area (Å²) < 4.78 is 1.00. The van der Waals surface area contributed by atoms with E-state index in [9.17, 15) is 4.79 Å². The largest absolute Gasteiger partial charge is 0.355 e. The van der Waals surface area contributed by atoms with Gasteiger partial charge in [-0.25, -0.2) is 0 Å². The third-order valence-electron chi connectivity index (χ3n) is 4.61. The van der Waals surface area contributed by atoms with Gasteiger partial charge in [0.05, 0.1) is 33.1 Å². The highest BCUT2D eigenvalue weighted by molar-refractivity contribution is 5.83. The zero-order valence-electron chi connectivity index (χ0n) is 15.9. The van der Waals surface area contributed by atoms with Gasteiger partial charge in [0.1, 0.15) is 0 Å². The van der Waals surface area contributed by atoms with Crippen LogP contribution in [-0.2, 0) is 11.2 Å². The van der Waals surface area contributed by atoms with Crippen LogP contribution in [0.2, 0.25) is 0 Å². The van der Waals surface area contributed by atoms with Crippen LogP contribution in [0.5, 0.6) is 0 Å². The number of nitrogens with zero attached hydrogens (tertiary/aromatic N) is 1. The highest BCUT2D eigenvalue weighted by Gasteiger charge is 2.16. The first-order chi connectivity index (χ1) is 10.7. The molecule has 0 aliphatic rings. The van der Waals surface area contributed by atoms with Crippen LogP contribution in [0.1, 0.15) is 51.2 Å². The summed E-state index contributed by atoms with van der Waals surface area (Å²) in [5.41, 5.74) is 2.44. The van der Waals surface area contributed by atoms with Crippen molar-refractivity contribution in [2.24, 2.45) is 5.92 Å². The van der Waals surface area contributed by atoms with Crippen LogP contribution in [0.4, 0.5) is 0 Å². The van der Waals surface area contributed by atoms with E-state index in [4.69, 9.17) is 0 Å². The van der Waals surface area contributed by atoms with Gasteiger partial charge in [0, 0.05) is 13.0 Å². The minimum Gasteiger partial charge on any atom is -0.355 e. The molecule has 0 aliphatic carbocycles. The van der Waals surface area contributed by atoms with Crippen molar-refractivity contribution in [2.45, 2.75) is 46.5 Å². The number of hydrogen-bond acceptors (Lipinski definition) is 1. The van der Waals surface area contributed by atoms with Gasteiger partial charge in [0.25, 0.3) is 0 Å². The van der Waals surface area contributed by atoms with Gasteiger partial charge < -0.3 is 9.80 Å². The van der Waals surface area contributed by atoms with Crippen molar-refractivity contribution in [3.8, 4) is 0 Å². The highest BCUT2D eigenvalue weighted by Crippen LogP contribution is 2.17. The second-order valence-electron chi connectivity index (χ2n) is 7.68. The second-order valence-corrected chi connectivity index (χ2v) is 7.68. The van der Waals surface area contributed by atoms with Crippen LogP contribution < -0.4 is 5.32 Å². The Bertz CT molecular complexity index is 477. The van der Waals surface area contributed by atoms with Crippen molar-refractivity contribution in [2.75, 3.05) is 33.7 Å². The second kappa shape index (κ2) is 9.07. The van der Waals surface area contributed by atoms with Gasteiger partial charge in [-0.2, -0.15) is 0 Å². The number of rotatable bonds is 9. The molecule has 0 aliphatic heterocycles. The Balaban J connectivity index is 2.44. The molecule has 0 saturated heterocycles. The third-order valence-corrected chi connectivity index (χ3v) is 4.61. The van der Waals surface area contributed by atoms with E-state index < -0.39 is 0 Å². The summed E-state index contributed by atoms with van der Waals surface area (Å²) in [6.07, 6.45) is 2.11. The Hall–Kier alpha value is -1.35. The Morgan fingerprint density at radius 3 is 2.26 bits per heavy atom. The quantitative estimate of drug-likeness (QED) is 0.547. The number of quaternary nitrogens is 1. The highest BCUT2D eigenvalue weighted by atomic mass is 16.1. The molecule has 1 rings (SSSR count). The molecule has 0 spiro atoms. The van der Waals surface area contributed by atoms with Crippen molar-refractivity contribution in [3.05, 3.63) is 35.4 Å². The molecule has 0 saturated carbocycles. The molecule has 0 fully saturated rings. The van der Waals surface area contributed by atoms with Gasteiger partial charge in [0.15, 0.2) is 0 Å². The van der Waals surface area contributed by atoms with Crippen LogP contribution >= 0.6 is 0 Å². The van der Waals surface area contributed by atoms with Gasteiger partial charge in [-0.3, -0.25) is 4.79 Å².